The highest BCUT2D eigenvalue weighted by Gasteiger charge is 2.27. The maximum Gasteiger partial charge on any atom is 0.314 e. The van der Waals surface area contributed by atoms with Crippen molar-refractivity contribution in [3.05, 3.63) is 108 Å². The van der Waals surface area contributed by atoms with Crippen molar-refractivity contribution in [1.82, 2.24) is 0 Å². The Bertz CT molecular complexity index is 933. The Morgan fingerprint density at radius 3 is 1.76 bits per heavy atom. The molecule has 0 saturated heterocycles. The van der Waals surface area contributed by atoms with Crippen molar-refractivity contribution in [3.8, 4) is 0 Å². The van der Waals surface area contributed by atoms with Crippen LogP contribution in [0.4, 0.5) is 0 Å². The third-order valence-electron chi connectivity index (χ3n) is 5.56. The largest absolute Gasteiger partial charge is 0.481 e. The maximum atomic E-state index is 12.6. The van der Waals surface area contributed by atoms with Crippen LogP contribution in [-0.2, 0) is 25.7 Å². The molecule has 0 aromatic heterocycles. The van der Waals surface area contributed by atoms with E-state index in [-0.39, 0.29) is 25.6 Å². The maximum absolute atomic E-state index is 12.6. The van der Waals surface area contributed by atoms with Gasteiger partial charge in [-0.05, 0) is 29.5 Å². The number of carboxylic acids is 1. The minimum Gasteiger partial charge on any atom is -0.481 e. The van der Waals surface area contributed by atoms with Gasteiger partial charge in [-0.1, -0.05) is 91.0 Å². The van der Waals surface area contributed by atoms with Crippen molar-refractivity contribution in [2.24, 2.45) is 5.92 Å². The molecule has 3 rings (SSSR count). The number of benzene rings is 3. The number of carboxylic acid groups (broad SMARTS) is 1. The molecule has 5 nitrogen and oxygen atoms in total. The Balaban J connectivity index is 1.49. The number of aliphatic carboxylic acids is 1. The number of hydrogen-bond acceptors (Lipinski definition) is 4. The molecule has 172 valence electrons. The van der Waals surface area contributed by atoms with Crippen LogP contribution in [0, 0.1) is 5.92 Å². The smallest absolute Gasteiger partial charge is 0.314 e. The van der Waals surface area contributed by atoms with Crippen molar-refractivity contribution in [1.29, 1.82) is 0 Å². The highest BCUT2D eigenvalue weighted by atomic mass is 16.5. The lowest BCUT2D eigenvalue weighted by molar-refractivity contribution is -0.148. The highest BCUT2D eigenvalue weighted by molar-refractivity contribution is 5.98. The fourth-order valence-corrected chi connectivity index (χ4v) is 3.81. The molecule has 0 amide bonds. The van der Waals surface area contributed by atoms with E-state index in [1.54, 1.807) is 0 Å². The molecule has 0 heterocycles. The SMILES string of the molecule is O=C(O)C(CCC(c1ccccc1)c1ccccc1)C(=O)COCCOCc1ccccc1. The lowest BCUT2D eigenvalue weighted by Crippen LogP contribution is -2.28. The molecular weight excluding hydrogens is 416 g/mol. The summed E-state index contributed by atoms with van der Waals surface area (Å²) in [6.45, 7) is 0.814. The summed E-state index contributed by atoms with van der Waals surface area (Å²) in [7, 11) is 0. The van der Waals surface area contributed by atoms with Gasteiger partial charge in [0.05, 0.1) is 19.8 Å². The molecule has 0 radical (unpaired) electrons. The van der Waals surface area contributed by atoms with E-state index in [4.69, 9.17) is 9.47 Å². The van der Waals surface area contributed by atoms with Crippen LogP contribution >= 0.6 is 0 Å². The van der Waals surface area contributed by atoms with Gasteiger partial charge in [-0.25, -0.2) is 0 Å². The topological polar surface area (TPSA) is 72.8 Å². The number of hydrogen-bond donors (Lipinski definition) is 1. The summed E-state index contributed by atoms with van der Waals surface area (Å²) in [5, 5.41) is 9.66. The standard InChI is InChI=1S/C28H30O5/c29-27(21-33-19-18-32-20-22-10-4-1-5-11-22)26(28(30)31)17-16-25(23-12-6-2-7-13-23)24-14-8-3-9-15-24/h1-15,25-26H,16-21H2,(H,30,31). The lowest BCUT2D eigenvalue weighted by Gasteiger charge is -2.20. The van der Waals surface area contributed by atoms with Gasteiger partial charge in [-0.3, -0.25) is 9.59 Å². The Morgan fingerprint density at radius 1 is 0.697 bits per heavy atom. The fraction of sp³-hybridized carbons (Fsp3) is 0.286. The van der Waals surface area contributed by atoms with Crippen molar-refractivity contribution >= 4 is 11.8 Å². The number of ketones is 1. The average molecular weight is 447 g/mol. The first-order chi connectivity index (χ1) is 16.1. The summed E-state index contributed by atoms with van der Waals surface area (Å²) in [6.07, 6.45) is 0.799. The minimum absolute atomic E-state index is 0.0226. The predicted octanol–water partition coefficient (Wildman–Crippen LogP) is 5.10. The molecule has 0 aliphatic carbocycles. The van der Waals surface area contributed by atoms with Gasteiger partial charge >= 0.3 is 5.97 Å². The molecule has 1 atom stereocenters. The first kappa shape index (κ1) is 24.4. The highest BCUT2D eigenvalue weighted by Crippen LogP contribution is 2.30. The summed E-state index contributed by atoms with van der Waals surface area (Å²) in [4.78, 5) is 24.4. The van der Waals surface area contributed by atoms with Crippen LogP contribution in [-0.4, -0.2) is 36.7 Å². The molecule has 5 heteroatoms. The Morgan fingerprint density at radius 2 is 1.21 bits per heavy atom. The first-order valence-corrected chi connectivity index (χ1v) is 11.2. The van der Waals surface area contributed by atoms with E-state index in [9.17, 15) is 14.7 Å². The zero-order valence-corrected chi connectivity index (χ0v) is 18.6. The molecule has 3 aromatic carbocycles. The van der Waals surface area contributed by atoms with Crippen molar-refractivity contribution in [2.45, 2.75) is 25.4 Å². The van der Waals surface area contributed by atoms with E-state index in [1.807, 2.05) is 91.0 Å². The van der Waals surface area contributed by atoms with E-state index in [2.05, 4.69) is 0 Å². The molecule has 0 aliphatic heterocycles. The third kappa shape index (κ3) is 7.97. The van der Waals surface area contributed by atoms with Crippen molar-refractivity contribution in [2.75, 3.05) is 19.8 Å². The Labute approximate surface area is 195 Å². The number of rotatable bonds is 14. The first-order valence-electron chi connectivity index (χ1n) is 11.2. The second kappa shape index (κ2) is 13.3. The number of carbonyl (C=O) groups is 2. The van der Waals surface area contributed by atoms with Gasteiger partial charge in [-0.2, -0.15) is 0 Å². The van der Waals surface area contributed by atoms with E-state index >= 15 is 0 Å². The number of Topliss-reactive ketones (excluding diaryl/α,β-unsaturated/α-hetero) is 1. The minimum atomic E-state index is -1.11. The summed E-state index contributed by atoms with van der Waals surface area (Å²) in [5.74, 6) is -2.59. The normalized spacial score (nSPS) is 11.9. The van der Waals surface area contributed by atoms with E-state index in [1.165, 1.54) is 0 Å². The predicted molar refractivity (Wildman–Crippen MR) is 127 cm³/mol. The van der Waals surface area contributed by atoms with Crippen LogP contribution in [0.2, 0.25) is 0 Å². The zero-order valence-electron chi connectivity index (χ0n) is 18.6. The van der Waals surface area contributed by atoms with Gasteiger partial charge in [0.2, 0.25) is 0 Å². The summed E-state index contributed by atoms with van der Waals surface area (Å²) >= 11 is 0. The molecular formula is C28H30O5. The summed E-state index contributed by atoms with van der Waals surface area (Å²) in [5.41, 5.74) is 3.27. The Hall–Kier alpha value is -3.28. The van der Waals surface area contributed by atoms with Gasteiger partial charge in [-0.15, -0.1) is 0 Å². The second-order valence-corrected chi connectivity index (χ2v) is 7.90. The quantitative estimate of drug-likeness (QED) is 0.275. The van der Waals surface area contributed by atoms with Gasteiger partial charge in [0.15, 0.2) is 5.78 Å². The number of ether oxygens (including phenoxy) is 2. The summed E-state index contributed by atoms with van der Waals surface area (Å²) in [6, 6.07) is 29.7. The van der Waals surface area contributed by atoms with Gasteiger partial charge in [0.25, 0.3) is 0 Å². The van der Waals surface area contributed by atoms with Crippen LogP contribution in [0.25, 0.3) is 0 Å². The molecule has 1 N–H and O–H groups in total. The van der Waals surface area contributed by atoms with Crippen LogP contribution in [0.1, 0.15) is 35.4 Å². The molecule has 1 unspecified atom stereocenters. The van der Waals surface area contributed by atoms with Gasteiger partial charge in [0, 0.05) is 5.92 Å². The molecule has 33 heavy (non-hydrogen) atoms. The van der Waals surface area contributed by atoms with Crippen molar-refractivity contribution in [3.63, 3.8) is 0 Å². The van der Waals surface area contributed by atoms with E-state index in [0.29, 0.717) is 19.6 Å². The Kier molecular flexibility index (Phi) is 9.83. The average Bonchev–Trinajstić information content (AvgIpc) is 2.85. The molecule has 0 fully saturated rings. The van der Waals surface area contributed by atoms with Crippen LogP contribution < -0.4 is 0 Å². The van der Waals surface area contributed by atoms with Crippen LogP contribution in [0.5, 0.6) is 0 Å². The van der Waals surface area contributed by atoms with Crippen molar-refractivity contribution < 1.29 is 24.2 Å². The van der Waals surface area contributed by atoms with Crippen LogP contribution in [0.3, 0.4) is 0 Å². The van der Waals surface area contributed by atoms with Gasteiger partial charge in [0.1, 0.15) is 12.5 Å². The van der Waals surface area contributed by atoms with E-state index in [0.717, 1.165) is 16.7 Å². The summed E-state index contributed by atoms with van der Waals surface area (Å²) < 4.78 is 10.9. The van der Waals surface area contributed by atoms with Crippen LogP contribution in [0.15, 0.2) is 91.0 Å². The molecule has 3 aromatic rings. The zero-order chi connectivity index (χ0) is 23.3. The number of carbonyl (C=O) groups excluding carboxylic acids is 1. The molecule has 0 aliphatic rings. The second-order valence-electron chi connectivity index (χ2n) is 7.90. The monoisotopic (exact) mass is 446 g/mol. The molecule has 0 bridgehead atoms. The lowest BCUT2D eigenvalue weighted by atomic mass is 9.84. The molecule has 0 spiro atoms. The van der Waals surface area contributed by atoms with Gasteiger partial charge < -0.3 is 14.6 Å². The molecule has 0 saturated carbocycles. The van der Waals surface area contributed by atoms with E-state index < -0.39 is 17.7 Å². The third-order valence-corrected chi connectivity index (χ3v) is 5.56. The fourth-order valence-electron chi connectivity index (χ4n) is 3.81.